The lowest BCUT2D eigenvalue weighted by molar-refractivity contribution is -0.132. The molecule has 1 atom stereocenters. The molecule has 1 saturated heterocycles. The number of hydrogen-bond acceptors (Lipinski definition) is 5. The molecule has 1 fully saturated rings. The summed E-state index contributed by atoms with van der Waals surface area (Å²) in [5.41, 5.74) is 2.02. The molecule has 6 nitrogen and oxygen atoms in total. The zero-order valence-electron chi connectivity index (χ0n) is 18.4. The zero-order valence-corrected chi connectivity index (χ0v) is 19.2. The molecule has 0 bridgehead atoms. The number of aryl methyl sites for hydroxylation is 1. The molecule has 3 aromatic rings. The van der Waals surface area contributed by atoms with Gasteiger partial charge < -0.3 is 9.84 Å². The molecule has 7 heteroatoms. The zero-order chi connectivity index (χ0) is 23.7. The number of carbonyl (C=O) groups excluding carboxylic acids is 2. The first-order chi connectivity index (χ1) is 15.8. The Kier molecular flexibility index (Phi) is 6.20. The van der Waals surface area contributed by atoms with Crippen LogP contribution in [0.15, 0.2) is 72.4 Å². The van der Waals surface area contributed by atoms with Crippen LogP contribution in [0.2, 0.25) is 5.02 Å². The standard InChI is InChI=1S/C26H23ClN2O4/c1-15(2)33-19-8-6-7-17(13-19)24(30)22-23(20-9-4-5-12-28-20)29(26(32)25(22)31)21-14-18(27)11-10-16(21)3/h4-15,23,30H,1-3H3/b24-22+. The lowest BCUT2D eigenvalue weighted by Crippen LogP contribution is -2.30. The van der Waals surface area contributed by atoms with Gasteiger partial charge in [0.25, 0.3) is 11.7 Å². The Hall–Kier alpha value is -3.64. The predicted octanol–water partition coefficient (Wildman–Crippen LogP) is 5.46. The fraction of sp³-hybridized carbons (Fsp3) is 0.192. The van der Waals surface area contributed by atoms with Gasteiger partial charge >= 0.3 is 0 Å². The maximum atomic E-state index is 13.2. The highest BCUT2D eigenvalue weighted by Crippen LogP contribution is 2.43. The number of carbonyl (C=O) groups is 2. The van der Waals surface area contributed by atoms with Gasteiger partial charge in [-0.05, 0) is 62.7 Å². The number of pyridine rings is 1. The van der Waals surface area contributed by atoms with Crippen molar-refractivity contribution in [3.63, 3.8) is 0 Å². The lowest BCUT2D eigenvalue weighted by Gasteiger charge is -2.26. The van der Waals surface area contributed by atoms with Crippen molar-refractivity contribution in [2.75, 3.05) is 4.90 Å². The number of hydrogen-bond donors (Lipinski definition) is 1. The van der Waals surface area contributed by atoms with Gasteiger partial charge in [0.05, 0.1) is 17.4 Å². The normalized spacial score (nSPS) is 17.6. The molecule has 4 rings (SSSR count). The molecular weight excluding hydrogens is 440 g/mol. The van der Waals surface area contributed by atoms with E-state index in [1.807, 2.05) is 20.8 Å². The maximum absolute atomic E-state index is 13.2. The van der Waals surface area contributed by atoms with Crippen molar-refractivity contribution >= 4 is 34.7 Å². The van der Waals surface area contributed by atoms with Gasteiger partial charge in [-0.15, -0.1) is 0 Å². The third-order valence-corrected chi connectivity index (χ3v) is 5.56. The van der Waals surface area contributed by atoms with Crippen molar-refractivity contribution in [3.05, 3.63) is 94.3 Å². The summed E-state index contributed by atoms with van der Waals surface area (Å²) >= 11 is 6.21. The van der Waals surface area contributed by atoms with Gasteiger partial charge in [0, 0.05) is 22.5 Å². The minimum Gasteiger partial charge on any atom is -0.507 e. The Bertz CT molecular complexity index is 1250. The minimum atomic E-state index is -0.918. The van der Waals surface area contributed by atoms with Gasteiger partial charge in [-0.1, -0.05) is 35.9 Å². The monoisotopic (exact) mass is 462 g/mol. The van der Waals surface area contributed by atoms with Crippen molar-refractivity contribution in [2.45, 2.75) is 32.9 Å². The summed E-state index contributed by atoms with van der Waals surface area (Å²) in [7, 11) is 0. The molecule has 1 unspecified atom stereocenters. The molecule has 1 aliphatic rings. The minimum absolute atomic E-state index is 0.0419. The first-order valence-electron chi connectivity index (χ1n) is 10.5. The largest absolute Gasteiger partial charge is 0.507 e. The quantitative estimate of drug-likeness (QED) is 0.309. The molecule has 0 aliphatic carbocycles. The molecule has 1 aromatic heterocycles. The van der Waals surface area contributed by atoms with E-state index in [-0.39, 0.29) is 17.4 Å². The fourth-order valence-electron chi connectivity index (χ4n) is 3.88. The highest BCUT2D eigenvalue weighted by atomic mass is 35.5. The molecular formula is C26H23ClN2O4. The van der Waals surface area contributed by atoms with E-state index in [1.165, 1.54) is 4.90 Å². The van der Waals surface area contributed by atoms with Crippen molar-refractivity contribution < 1.29 is 19.4 Å². The summed E-state index contributed by atoms with van der Waals surface area (Å²) in [6.07, 6.45) is 1.52. The van der Waals surface area contributed by atoms with Crippen LogP contribution >= 0.6 is 11.6 Å². The number of rotatable bonds is 5. The van der Waals surface area contributed by atoms with E-state index >= 15 is 0 Å². The number of ether oxygens (including phenoxy) is 1. The van der Waals surface area contributed by atoms with Gasteiger partial charge in [0.15, 0.2) is 0 Å². The van der Waals surface area contributed by atoms with Crippen molar-refractivity contribution in [1.82, 2.24) is 4.98 Å². The molecule has 168 valence electrons. The van der Waals surface area contributed by atoms with Gasteiger partial charge in [0.1, 0.15) is 17.6 Å². The summed E-state index contributed by atoms with van der Waals surface area (Å²) < 4.78 is 5.72. The highest BCUT2D eigenvalue weighted by molar-refractivity contribution is 6.52. The first-order valence-corrected chi connectivity index (χ1v) is 10.9. The average Bonchev–Trinajstić information content (AvgIpc) is 3.06. The number of ketones is 1. The predicted molar refractivity (Wildman–Crippen MR) is 127 cm³/mol. The Morgan fingerprint density at radius 2 is 1.88 bits per heavy atom. The fourth-order valence-corrected chi connectivity index (χ4v) is 4.05. The van der Waals surface area contributed by atoms with Gasteiger partial charge in [0.2, 0.25) is 0 Å². The third kappa shape index (κ3) is 4.34. The third-order valence-electron chi connectivity index (χ3n) is 5.32. The van der Waals surface area contributed by atoms with Crippen molar-refractivity contribution in [1.29, 1.82) is 0 Å². The number of aliphatic hydroxyl groups is 1. The number of halogens is 1. The molecule has 1 N–H and O–H groups in total. The van der Waals surface area contributed by atoms with Crippen molar-refractivity contribution in [3.8, 4) is 5.75 Å². The Morgan fingerprint density at radius 1 is 1.09 bits per heavy atom. The molecule has 1 amide bonds. The molecule has 0 radical (unpaired) electrons. The number of aliphatic hydroxyl groups excluding tert-OH is 1. The van der Waals surface area contributed by atoms with Gasteiger partial charge in [-0.25, -0.2) is 0 Å². The number of aromatic nitrogens is 1. The van der Waals surface area contributed by atoms with Crippen LogP contribution in [0.25, 0.3) is 5.76 Å². The Morgan fingerprint density at radius 3 is 2.58 bits per heavy atom. The van der Waals surface area contributed by atoms with E-state index in [0.29, 0.717) is 27.7 Å². The molecule has 2 aromatic carbocycles. The van der Waals surface area contributed by atoms with Crippen LogP contribution in [-0.4, -0.2) is 27.9 Å². The Balaban J connectivity index is 1.93. The average molecular weight is 463 g/mol. The number of Topliss-reactive ketones (excluding diaryl/α,β-unsaturated/α-hetero) is 1. The van der Waals surface area contributed by atoms with Crippen LogP contribution in [0.4, 0.5) is 5.69 Å². The van der Waals surface area contributed by atoms with Gasteiger partial charge in [-0.3, -0.25) is 19.5 Å². The van der Waals surface area contributed by atoms with Crippen molar-refractivity contribution in [2.24, 2.45) is 0 Å². The maximum Gasteiger partial charge on any atom is 0.300 e. The van der Waals surface area contributed by atoms with Crippen LogP contribution in [0.3, 0.4) is 0 Å². The van der Waals surface area contributed by atoms with E-state index in [2.05, 4.69) is 4.98 Å². The molecule has 1 aliphatic heterocycles. The van der Waals surface area contributed by atoms with E-state index in [9.17, 15) is 14.7 Å². The second kappa shape index (κ2) is 9.08. The summed E-state index contributed by atoms with van der Waals surface area (Å²) in [6, 6.07) is 16.2. The number of amides is 1. The number of nitrogens with zero attached hydrogens (tertiary/aromatic N) is 2. The smallest absolute Gasteiger partial charge is 0.300 e. The second-order valence-corrected chi connectivity index (χ2v) is 8.49. The molecule has 0 saturated carbocycles. The second-order valence-electron chi connectivity index (χ2n) is 8.05. The van der Waals surface area contributed by atoms with E-state index < -0.39 is 17.7 Å². The highest BCUT2D eigenvalue weighted by Gasteiger charge is 2.48. The van der Waals surface area contributed by atoms with Crippen LogP contribution < -0.4 is 9.64 Å². The van der Waals surface area contributed by atoms with Gasteiger partial charge in [-0.2, -0.15) is 0 Å². The lowest BCUT2D eigenvalue weighted by atomic mass is 9.98. The number of benzene rings is 2. The van der Waals surface area contributed by atoms with Crippen LogP contribution in [0, 0.1) is 6.92 Å². The van der Waals surface area contributed by atoms with Crippen LogP contribution in [-0.2, 0) is 9.59 Å². The summed E-state index contributed by atoms with van der Waals surface area (Å²) in [5.74, 6) is -1.30. The summed E-state index contributed by atoms with van der Waals surface area (Å²) in [4.78, 5) is 32.2. The van der Waals surface area contributed by atoms with E-state index in [4.69, 9.17) is 16.3 Å². The summed E-state index contributed by atoms with van der Waals surface area (Å²) in [6.45, 7) is 5.62. The summed E-state index contributed by atoms with van der Waals surface area (Å²) in [5, 5.41) is 11.7. The molecule has 2 heterocycles. The Labute approximate surface area is 197 Å². The molecule has 0 spiro atoms. The van der Waals surface area contributed by atoms with Crippen LogP contribution in [0.1, 0.15) is 36.7 Å². The van der Waals surface area contributed by atoms with E-state index in [1.54, 1.807) is 66.9 Å². The molecule has 33 heavy (non-hydrogen) atoms. The number of anilines is 1. The topological polar surface area (TPSA) is 79.7 Å². The van der Waals surface area contributed by atoms with Crippen LogP contribution in [0.5, 0.6) is 5.75 Å². The SMILES string of the molecule is Cc1ccc(Cl)cc1N1C(=O)C(=O)/C(=C(/O)c2cccc(OC(C)C)c2)C1c1ccccn1. The first kappa shape index (κ1) is 22.6. The van der Waals surface area contributed by atoms with E-state index in [0.717, 1.165) is 5.56 Å².